The fraction of sp³-hybridized carbons (Fsp3) is 0.0667. The van der Waals surface area contributed by atoms with Crippen LogP contribution in [-0.4, -0.2) is 24.3 Å². The molecule has 2 aromatic rings. The summed E-state index contributed by atoms with van der Waals surface area (Å²) < 4.78 is 5.66. The van der Waals surface area contributed by atoms with Gasteiger partial charge in [-0.05, 0) is 54.1 Å². The molecule has 2 amide bonds. The fourth-order valence-corrected chi connectivity index (χ4v) is 1.60. The van der Waals surface area contributed by atoms with E-state index in [2.05, 4.69) is 5.10 Å². The van der Waals surface area contributed by atoms with Crippen LogP contribution in [0.5, 0.6) is 11.5 Å². The van der Waals surface area contributed by atoms with E-state index in [4.69, 9.17) is 22.1 Å². The Kier molecular flexibility index (Phi) is 4.79. The third kappa shape index (κ3) is 4.50. The normalized spacial score (nSPS) is 10.6. The van der Waals surface area contributed by atoms with Crippen LogP contribution >= 0.6 is 11.6 Å². The summed E-state index contributed by atoms with van der Waals surface area (Å²) in [4.78, 5) is 10.8. The number of ether oxygens (including phenoxy) is 1. The number of hydrazone groups is 1. The zero-order valence-electron chi connectivity index (χ0n) is 11.4. The smallest absolute Gasteiger partial charge is 0.334 e. The van der Waals surface area contributed by atoms with Gasteiger partial charge in [0, 0.05) is 12.1 Å². The number of carbonyl (C=O) groups excluding carboxylic acids is 1. The Morgan fingerprint density at radius 3 is 2.19 bits per heavy atom. The van der Waals surface area contributed by atoms with Gasteiger partial charge in [-0.2, -0.15) is 5.10 Å². The minimum absolute atomic E-state index is 0.617. The van der Waals surface area contributed by atoms with Crippen molar-refractivity contribution in [1.29, 1.82) is 0 Å². The highest BCUT2D eigenvalue weighted by molar-refractivity contribution is 6.30. The molecular formula is C15H14ClN3O2. The van der Waals surface area contributed by atoms with Crippen molar-refractivity contribution >= 4 is 23.8 Å². The number of urea groups is 1. The van der Waals surface area contributed by atoms with Crippen LogP contribution in [-0.2, 0) is 0 Å². The Labute approximate surface area is 127 Å². The summed E-state index contributed by atoms with van der Waals surface area (Å²) in [6, 6.07) is 13.7. The molecule has 0 saturated heterocycles. The van der Waals surface area contributed by atoms with E-state index in [-0.39, 0.29) is 0 Å². The molecule has 0 heterocycles. The third-order valence-corrected chi connectivity index (χ3v) is 2.88. The number of amides is 2. The molecule has 0 aromatic heterocycles. The van der Waals surface area contributed by atoms with Crippen LogP contribution in [0.2, 0.25) is 5.02 Å². The highest BCUT2D eigenvalue weighted by atomic mass is 35.5. The van der Waals surface area contributed by atoms with Crippen molar-refractivity contribution in [2.45, 2.75) is 0 Å². The van der Waals surface area contributed by atoms with Gasteiger partial charge in [-0.15, -0.1) is 0 Å². The first-order valence-corrected chi connectivity index (χ1v) is 6.53. The molecule has 21 heavy (non-hydrogen) atoms. The van der Waals surface area contributed by atoms with E-state index >= 15 is 0 Å². The van der Waals surface area contributed by atoms with Crippen LogP contribution in [0, 0.1) is 0 Å². The zero-order valence-corrected chi connectivity index (χ0v) is 12.1. The van der Waals surface area contributed by atoms with E-state index in [1.807, 2.05) is 12.1 Å². The lowest BCUT2D eigenvalue weighted by atomic mass is 10.2. The molecule has 2 aromatic carbocycles. The van der Waals surface area contributed by atoms with Crippen LogP contribution in [0.1, 0.15) is 5.56 Å². The van der Waals surface area contributed by atoms with E-state index in [0.717, 1.165) is 10.6 Å². The molecule has 108 valence electrons. The largest absolute Gasteiger partial charge is 0.457 e. The molecule has 2 N–H and O–H groups in total. The summed E-state index contributed by atoms with van der Waals surface area (Å²) in [5.74, 6) is 1.40. The maximum atomic E-state index is 10.8. The van der Waals surface area contributed by atoms with Gasteiger partial charge >= 0.3 is 6.03 Å². The number of rotatable bonds is 4. The zero-order chi connectivity index (χ0) is 15.2. The SMILES string of the molecule is CN(N=Cc1ccc(Oc2ccc(Cl)cc2)cc1)C(N)=O. The number of halogens is 1. The van der Waals surface area contributed by atoms with Gasteiger partial charge in [0.25, 0.3) is 0 Å². The number of nitrogens with two attached hydrogens (primary N) is 1. The molecule has 0 bridgehead atoms. The second kappa shape index (κ2) is 6.76. The number of primary amides is 1. The molecule has 0 fully saturated rings. The summed E-state index contributed by atoms with van der Waals surface area (Å²) >= 11 is 5.81. The van der Waals surface area contributed by atoms with E-state index in [9.17, 15) is 4.79 Å². The summed E-state index contributed by atoms with van der Waals surface area (Å²) in [6.45, 7) is 0. The highest BCUT2D eigenvalue weighted by Gasteiger charge is 1.99. The van der Waals surface area contributed by atoms with Crippen molar-refractivity contribution in [1.82, 2.24) is 5.01 Å². The van der Waals surface area contributed by atoms with Gasteiger partial charge in [-0.3, -0.25) is 0 Å². The van der Waals surface area contributed by atoms with Gasteiger partial charge in [-0.25, -0.2) is 9.80 Å². The van der Waals surface area contributed by atoms with Crippen molar-refractivity contribution in [3.8, 4) is 11.5 Å². The van der Waals surface area contributed by atoms with E-state index in [1.165, 1.54) is 13.3 Å². The molecule has 5 nitrogen and oxygen atoms in total. The van der Waals surface area contributed by atoms with Gasteiger partial charge in [0.2, 0.25) is 0 Å². The lowest BCUT2D eigenvalue weighted by Crippen LogP contribution is -2.27. The van der Waals surface area contributed by atoms with Gasteiger partial charge in [0.1, 0.15) is 11.5 Å². The second-order valence-electron chi connectivity index (χ2n) is 4.23. The minimum atomic E-state index is -0.617. The average Bonchev–Trinajstić information content (AvgIpc) is 2.48. The lowest BCUT2D eigenvalue weighted by molar-refractivity contribution is 0.220. The number of nitrogens with zero attached hydrogens (tertiary/aromatic N) is 2. The maximum Gasteiger partial charge on any atom is 0.334 e. The third-order valence-electron chi connectivity index (χ3n) is 2.63. The molecular weight excluding hydrogens is 290 g/mol. The molecule has 0 unspecified atom stereocenters. The number of hydrogen-bond acceptors (Lipinski definition) is 3. The molecule has 0 aliphatic rings. The maximum absolute atomic E-state index is 10.8. The van der Waals surface area contributed by atoms with Gasteiger partial charge in [0.05, 0.1) is 6.21 Å². The summed E-state index contributed by atoms with van der Waals surface area (Å²) in [6.07, 6.45) is 1.54. The highest BCUT2D eigenvalue weighted by Crippen LogP contribution is 2.23. The van der Waals surface area contributed by atoms with E-state index < -0.39 is 6.03 Å². The lowest BCUT2D eigenvalue weighted by Gasteiger charge is -2.07. The predicted molar refractivity (Wildman–Crippen MR) is 82.9 cm³/mol. The van der Waals surface area contributed by atoms with Gasteiger partial charge < -0.3 is 10.5 Å². The number of carbonyl (C=O) groups is 1. The second-order valence-corrected chi connectivity index (χ2v) is 4.67. The Morgan fingerprint density at radius 2 is 1.67 bits per heavy atom. The van der Waals surface area contributed by atoms with E-state index in [0.29, 0.717) is 16.5 Å². The van der Waals surface area contributed by atoms with Crippen molar-refractivity contribution in [2.24, 2.45) is 10.8 Å². The van der Waals surface area contributed by atoms with Crippen LogP contribution in [0.3, 0.4) is 0 Å². The molecule has 0 saturated carbocycles. The topological polar surface area (TPSA) is 67.9 Å². The number of benzene rings is 2. The van der Waals surface area contributed by atoms with Crippen molar-refractivity contribution in [2.75, 3.05) is 7.05 Å². The summed E-state index contributed by atoms with van der Waals surface area (Å²) in [7, 11) is 1.48. The van der Waals surface area contributed by atoms with Crippen molar-refractivity contribution < 1.29 is 9.53 Å². The average molecular weight is 304 g/mol. The minimum Gasteiger partial charge on any atom is -0.457 e. The van der Waals surface area contributed by atoms with Crippen LogP contribution in [0.25, 0.3) is 0 Å². The van der Waals surface area contributed by atoms with E-state index in [1.54, 1.807) is 36.4 Å². The number of hydrogen-bond donors (Lipinski definition) is 1. The molecule has 6 heteroatoms. The first kappa shape index (κ1) is 14.9. The molecule has 2 rings (SSSR count). The van der Waals surface area contributed by atoms with Crippen LogP contribution < -0.4 is 10.5 Å². The van der Waals surface area contributed by atoms with Crippen molar-refractivity contribution in [3.63, 3.8) is 0 Å². The standard InChI is InChI=1S/C15H14ClN3O2/c1-19(15(17)20)18-10-11-2-6-13(7-3-11)21-14-8-4-12(16)5-9-14/h2-10H,1H3,(H2,17,20). The first-order valence-electron chi connectivity index (χ1n) is 6.15. The molecule has 0 radical (unpaired) electrons. The summed E-state index contributed by atoms with van der Waals surface area (Å²) in [5.41, 5.74) is 5.89. The van der Waals surface area contributed by atoms with Crippen LogP contribution in [0.4, 0.5) is 4.79 Å². The molecule has 0 spiro atoms. The van der Waals surface area contributed by atoms with Crippen LogP contribution in [0.15, 0.2) is 53.6 Å². The molecule has 0 aliphatic carbocycles. The van der Waals surface area contributed by atoms with Crippen molar-refractivity contribution in [3.05, 3.63) is 59.1 Å². The monoisotopic (exact) mass is 303 g/mol. The Bertz CT molecular complexity index is 639. The molecule has 0 aliphatic heterocycles. The Balaban J connectivity index is 2.02. The quantitative estimate of drug-likeness (QED) is 0.694. The predicted octanol–water partition coefficient (Wildman–Crippen LogP) is 3.48. The van der Waals surface area contributed by atoms with Gasteiger partial charge in [0.15, 0.2) is 0 Å². The fourth-order valence-electron chi connectivity index (χ4n) is 1.47. The van der Waals surface area contributed by atoms with Gasteiger partial charge in [-0.1, -0.05) is 11.6 Å². The Morgan fingerprint density at radius 1 is 1.14 bits per heavy atom. The first-order chi connectivity index (χ1) is 10.0. The summed E-state index contributed by atoms with van der Waals surface area (Å²) in [5, 5.41) is 5.61. The Hall–Kier alpha value is -2.53. The molecule has 0 atom stereocenters.